The second-order valence-electron chi connectivity index (χ2n) is 4.62. The number of carbonyl (C=O) groups is 1. The van der Waals surface area contributed by atoms with E-state index in [-0.39, 0.29) is 24.5 Å². The zero-order chi connectivity index (χ0) is 13.7. The average Bonchev–Trinajstić information content (AvgIpc) is 2.82. The maximum Gasteiger partial charge on any atom is 0.244 e. The Labute approximate surface area is 111 Å². The average molecular weight is 268 g/mol. The molecule has 1 saturated heterocycles. The van der Waals surface area contributed by atoms with Crippen molar-refractivity contribution in [2.24, 2.45) is 0 Å². The Morgan fingerprint density at radius 1 is 1.58 bits per heavy atom. The number of carbonyl (C=O) groups excluding carboxylic acids is 1. The van der Waals surface area contributed by atoms with Gasteiger partial charge in [-0.15, -0.1) is 0 Å². The van der Waals surface area contributed by atoms with E-state index in [0.717, 1.165) is 25.9 Å². The molecule has 1 fully saturated rings. The second-order valence-corrected chi connectivity index (χ2v) is 4.62. The molecule has 2 heterocycles. The lowest BCUT2D eigenvalue weighted by molar-refractivity contribution is -0.134. The summed E-state index contributed by atoms with van der Waals surface area (Å²) in [6.45, 7) is 4.07. The smallest absolute Gasteiger partial charge is 0.244 e. The fraction of sp³-hybridized carbons (Fsp3) is 0.818. The molecule has 106 valence electrons. The van der Waals surface area contributed by atoms with E-state index in [1.165, 1.54) is 4.68 Å². The summed E-state index contributed by atoms with van der Waals surface area (Å²) in [5.74, 6) is 0.106. The van der Waals surface area contributed by atoms with Crippen LogP contribution in [0.1, 0.15) is 26.2 Å². The fourth-order valence-electron chi connectivity index (χ4n) is 2.16. The Morgan fingerprint density at radius 2 is 2.42 bits per heavy atom. The molecule has 0 saturated carbocycles. The van der Waals surface area contributed by atoms with E-state index < -0.39 is 0 Å². The molecule has 0 unspecified atom stereocenters. The molecule has 2 rings (SSSR count). The number of amides is 1. The third-order valence-corrected chi connectivity index (χ3v) is 3.28. The molecule has 1 aromatic rings. The number of ether oxygens (including phenoxy) is 1. The highest BCUT2D eigenvalue weighted by Crippen LogP contribution is 2.14. The number of nitrogens with two attached hydrogens (primary N) is 1. The van der Waals surface area contributed by atoms with E-state index in [2.05, 4.69) is 15.5 Å². The van der Waals surface area contributed by atoms with Crippen molar-refractivity contribution in [2.45, 2.75) is 38.8 Å². The summed E-state index contributed by atoms with van der Waals surface area (Å²) in [5, 5.41) is 10.6. The van der Waals surface area contributed by atoms with E-state index in [0.29, 0.717) is 13.1 Å². The number of hydrogen-bond acceptors (Lipinski definition) is 6. The van der Waals surface area contributed by atoms with Gasteiger partial charge in [-0.05, 0) is 36.6 Å². The molecule has 8 nitrogen and oxygen atoms in total. The van der Waals surface area contributed by atoms with Crippen molar-refractivity contribution in [1.29, 1.82) is 0 Å². The van der Waals surface area contributed by atoms with Gasteiger partial charge in [0.1, 0.15) is 6.54 Å². The molecule has 0 bridgehead atoms. The summed E-state index contributed by atoms with van der Waals surface area (Å²) in [7, 11) is 0. The normalized spacial score (nSPS) is 19.3. The third kappa shape index (κ3) is 3.63. The van der Waals surface area contributed by atoms with Gasteiger partial charge < -0.3 is 15.4 Å². The molecule has 2 N–H and O–H groups in total. The van der Waals surface area contributed by atoms with Crippen LogP contribution in [0.5, 0.6) is 0 Å². The predicted octanol–water partition coefficient (Wildman–Crippen LogP) is -0.327. The summed E-state index contributed by atoms with van der Waals surface area (Å²) in [5.41, 5.74) is 5.55. The van der Waals surface area contributed by atoms with E-state index in [1.54, 1.807) is 4.90 Å². The lowest BCUT2D eigenvalue weighted by atomic mass is 10.1. The molecule has 1 atom stereocenters. The second kappa shape index (κ2) is 6.46. The summed E-state index contributed by atoms with van der Waals surface area (Å²) < 4.78 is 6.95. The van der Waals surface area contributed by atoms with E-state index in [1.807, 2.05) is 6.92 Å². The van der Waals surface area contributed by atoms with Crippen LogP contribution in [0.25, 0.3) is 0 Å². The standard InChI is InChI=1S/C11H20N6O2/c1-2-16(7-9-5-3-4-6-19-9)10(18)8-17-11(12)13-14-15-17/h9H,2-8H2,1H3,(H2,12,13,15)/t9-/m0/s1. The number of nitrogen functional groups attached to an aromatic ring is 1. The molecule has 8 heteroatoms. The number of anilines is 1. The molecule has 19 heavy (non-hydrogen) atoms. The predicted molar refractivity (Wildman–Crippen MR) is 68.1 cm³/mol. The van der Waals surface area contributed by atoms with Crippen molar-refractivity contribution >= 4 is 11.9 Å². The van der Waals surface area contributed by atoms with Gasteiger partial charge in [0, 0.05) is 19.7 Å². The molecular weight excluding hydrogens is 248 g/mol. The highest BCUT2D eigenvalue weighted by Gasteiger charge is 2.21. The molecule has 1 aromatic heterocycles. The minimum Gasteiger partial charge on any atom is -0.376 e. The third-order valence-electron chi connectivity index (χ3n) is 3.28. The highest BCUT2D eigenvalue weighted by molar-refractivity contribution is 5.76. The Hall–Kier alpha value is -1.70. The number of likely N-dealkylation sites (N-methyl/N-ethyl adjacent to an activating group) is 1. The Balaban J connectivity index is 1.89. The van der Waals surface area contributed by atoms with Crippen LogP contribution >= 0.6 is 0 Å². The maximum absolute atomic E-state index is 12.2. The first-order valence-corrected chi connectivity index (χ1v) is 6.61. The van der Waals surface area contributed by atoms with Crippen LogP contribution in [0.15, 0.2) is 0 Å². The van der Waals surface area contributed by atoms with E-state index >= 15 is 0 Å². The van der Waals surface area contributed by atoms with Crippen LogP contribution in [0.2, 0.25) is 0 Å². The Kier molecular flexibility index (Phi) is 4.67. The Bertz CT molecular complexity index is 415. The largest absolute Gasteiger partial charge is 0.376 e. The monoisotopic (exact) mass is 268 g/mol. The topological polar surface area (TPSA) is 99.2 Å². The first-order valence-electron chi connectivity index (χ1n) is 6.61. The number of nitrogens with zero attached hydrogens (tertiary/aromatic N) is 5. The van der Waals surface area contributed by atoms with Crippen molar-refractivity contribution in [1.82, 2.24) is 25.1 Å². The van der Waals surface area contributed by atoms with Crippen LogP contribution in [0, 0.1) is 0 Å². The molecular formula is C11H20N6O2. The lowest BCUT2D eigenvalue weighted by Crippen LogP contribution is -2.41. The van der Waals surface area contributed by atoms with Crippen molar-refractivity contribution in [2.75, 3.05) is 25.4 Å². The molecule has 0 radical (unpaired) electrons. The van der Waals surface area contributed by atoms with Gasteiger partial charge in [-0.2, -0.15) is 0 Å². The molecule has 1 amide bonds. The number of rotatable bonds is 5. The first-order chi connectivity index (χ1) is 9.20. The summed E-state index contributed by atoms with van der Waals surface area (Å²) in [4.78, 5) is 13.9. The number of tetrazole rings is 1. The van der Waals surface area contributed by atoms with E-state index in [9.17, 15) is 4.79 Å². The lowest BCUT2D eigenvalue weighted by Gasteiger charge is -2.29. The zero-order valence-electron chi connectivity index (χ0n) is 11.2. The number of aromatic nitrogens is 4. The Morgan fingerprint density at radius 3 is 3.00 bits per heavy atom. The van der Waals surface area contributed by atoms with Gasteiger partial charge >= 0.3 is 0 Å². The summed E-state index contributed by atoms with van der Waals surface area (Å²) in [6, 6.07) is 0. The van der Waals surface area contributed by atoms with Crippen LogP contribution in [0.4, 0.5) is 5.95 Å². The zero-order valence-corrected chi connectivity index (χ0v) is 11.2. The van der Waals surface area contributed by atoms with E-state index in [4.69, 9.17) is 10.5 Å². The number of hydrogen-bond donors (Lipinski definition) is 1. The molecule has 1 aliphatic heterocycles. The fourth-order valence-corrected chi connectivity index (χ4v) is 2.16. The van der Waals surface area contributed by atoms with Crippen LogP contribution in [0.3, 0.4) is 0 Å². The first kappa shape index (κ1) is 13.7. The van der Waals surface area contributed by atoms with Gasteiger partial charge in [-0.1, -0.05) is 5.10 Å². The SMILES string of the molecule is CCN(C[C@@H]1CCCCO1)C(=O)Cn1nnnc1N. The maximum atomic E-state index is 12.2. The van der Waals surface area contributed by atoms with Gasteiger partial charge in [0.15, 0.2) is 0 Å². The molecule has 0 aromatic carbocycles. The van der Waals surface area contributed by atoms with Gasteiger partial charge in [0.2, 0.25) is 11.9 Å². The quantitative estimate of drug-likeness (QED) is 0.785. The minimum absolute atomic E-state index is 0.0457. The van der Waals surface area contributed by atoms with Gasteiger partial charge in [0.05, 0.1) is 6.10 Å². The molecule has 0 spiro atoms. The summed E-state index contributed by atoms with van der Waals surface area (Å²) >= 11 is 0. The summed E-state index contributed by atoms with van der Waals surface area (Å²) in [6.07, 6.45) is 3.43. The highest BCUT2D eigenvalue weighted by atomic mass is 16.5. The van der Waals surface area contributed by atoms with Crippen LogP contribution in [-0.2, 0) is 16.1 Å². The van der Waals surface area contributed by atoms with Gasteiger partial charge in [0.25, 0.3) is 0 Å². The van der Waals surface area contributed by atoms with Crippen molar-refractivity contribution in [3.8, 4) is 0 Å². The minimum atomic E-state index is -0.0457. The van der Waals surface area contributed by atoms with Crippen LogP contribution < -0.4 is 5.73 Å². The van der Waals surface area contributed by atoms with Gasteiger partial charge in [-0.3, -0.25) is 4.79 Å². The molecule has 1 aliphatic rings. The van der Waals surface area contributed by atoms with Crippen molar-refractivity contribution < 1.29 is 9.53 Å². The van der Waals surface area contributed by atoms with Crippen molar-refractivity contribution in [3.05, 3.63) is 0 Å². The van der Waals surface area contributed by atoms with Crippen molar-refractivity contribution in [3.63, 3.8) is 0 Å². The van der Waals surface area contributed by atoms with Gasteiger partial charge in [-0.25, -0.2) is 4.68 Å². The van der Waals surface area contributed by atoms with Crippen LogP contribution in [-0.4, -0.2) is 56.8 Å². The molecule has 0 aliphatic carbocycles.